The molecule has 1 aliphatic heterocycles. The molecule has 4 rings (SSSR count). The zero-order valence-electron chi connectivity index (χ0n) is 20.4. The highest BCUT2D eigenvalue weighted by Gasteiger charge is 2.22. The van der Waals surface area contributed by atoms with Crippen molar-refractivity contribution in [1.29, 1.82) is 0 Å². The summed E-state index contributed by atoms with van der Waals surface area (Å²) < 4.78 is 5.61. The number of piperazine rings is 1. The number of nitrogens with zero attached hydrogens (tertiary/aromatic N) is 2. The third-order valence-corrected chi connectivity index (χ3v) is 6.00. The molecule has 2 N–H and O–H groups in total. The van der Waals surface area contributed by atoms with E-state index < -0.39 is 0 Å². The van der Waals surface area contributed by atoms with Gasteiger partial charge in [-0.1, -0.05) is 18.2 Å². The first-order valence-corrected chi connectivity index (χ1v) is 12.4. The van der Waals surface area contributed by atoms with Crippen LogP contribution in [0.2, 0.25) is 0 Å². The van der Waals surface area contributed by atoms with E-state index in [-0.39, 0.29) is 23.0 Å². The second-order valence-electron chi connectivity index (χ2n) is 8.79. The average Bonchev–Trinajstić information content (AvgIpc) is 2.89. The Morgan fingerprint density at radius 3 is 2.08 bits per heavy atom. The van der Waals surface area contributed by atoms with E-state index in [9.17, 15) is 9.59 Å². The fraction of sp³-hybridized carbons (Fsp3) is 0.250. The van der Waals surface area contributed by atoms with Gasteiger partial charge in [0.25, 0.3) is 11.8 Å². The van der Waals surface area contributed by atoms with Gasteiger partial charge in [0, 0.05) is 48.7 Å². The maximum atomic E-state index is 12.7. The summed E-state index contributed by atoms with van der Waals surface area (Å²) in [5.41, 5.74) is 3.07. The Hall–Kier alpha value is -3.91. The van der Waals surface area contributed by atoms with Crippen LogP contribution in [-0.2, 0) is 0 Å². The van der Waals surface area contributed by atoms with Gasteiger partial charge in [0.2, 0.25) is 0 Å². The number of nitrogens with one attached hydrogen (secondary N) is 2. The molecule has 1 heterocycles. The van der Waals surface area contributed by atoms with Gasteiger partial charge in [-0.05, 0) is 86.7 Å². The first-order chi connectivity index (χ1) is 17.4. The van der Waals surface area contributed by atoms with Crippen molar-refractivity contribution in [2.45, 2.75) is 20.0 Å². The maximum absolute atomic E-state index is 12.7. The minimum absolute atomic E-state index is 0.0706. The lowest BCUT2D eigenvalue weighted by molar-refractivity contribution is 0.0746. The molecule has 186 valence electrons. The van der Waals surface area contributed by atoms with Gasteiger partial charge in [-0.25, -0.2) is 0 Å². The lowest BCUT2D eigenvalue weighted by Gasteiger charge is -2.36. The van der Waals surface area contributed by atoms with Gasteiger partial charge in [-0.3, -0.25) is 14.9 Å². The molecular formula is C28H30N4O3S. The molecule has 1 saturated heterocycles. The van der Waals surface area contributed by atoms with E-state index in [4.69, 9.17) is 17.0 Å². The number of benzene rings is 3. The van der Waals surface area contributed by atoms with E-state index in [1.165, 1.54) is 0 Å². The van der Waals surface area contributed by atoms with E-state index in [2.05, 4.69) is 15.5 Å². The van der Waals surface area contributed by atoms with E-state index in [1.54, 1.807) is 24.3 Å². The smallest absolute Gasteiger partial charge is 0.257 e. The van der Waals surface area contributed by atoms with Crippen molar-refractivity contribution < 1.29 is 14.3 Å². The number of hydrogen-bond acceptors (Lipinski definition) is 5. The van der Waals surface area contributed by atoms with Crippen molar-refractivity contribution in [3.63, 3.8) is 0 Å². The third-order valence-electron chi connectivity index (χ3n) is 5.79. The van der Waals surface area contributed by atoms with Crippen LogP contribution < -0.4 is 20.3 Å². The van der Waals surface area contributed by atoms with E-state index in [1.807, 2.05) is 73.3 Å². The summed E-state index contributed by atoms with van der Waals surface area (Å²) in [6.45, 7) is 6.78. The Morgan fingerprint density at radius 2 is 1.47 bits per heavy atom. The van der Waals surface area contributed by atoms with Gasteiger partial charge < -0.3 is 19.9 Å². The third kappa shape index (κ3) is 6.60. The minimum atomic E-state index is -0.289. The standard InChI is InChI=1S/C28H30N4O3S/c1-20(2)35-25-14-8-21(9-15-25)26(33)30-28(36)29-23-10-12-24(13-11-23)31-16-18-32(19-17-31)27(34)22-6-4-3-5-7-22/h3-15,20H,16-19H2,1-2H3,(H2,29,30,33,36). The lowest BCUT2D eigenvalue weighted by atomic mass is 10.1. The van der Waals surface area contributed by atoms with Gasteiger partial charge in [0.05, 0.1) is 6.10 Å². The van der Waals surface area contributed by atoms with Crippen molar-refractivity contribution in [1.82, 2.24) is 10.2 Å². The molecule has 0 saturated carbocycles. The number of ether oxygens (including phenoxy) is 1. The lowest BCUT2D eigenvalue weighted by Crippen LogP contribution is -2.48. The fourth-order valence-electron chi connectivity index (χ4n) is 3.98. The molecule has 0 aliphatic carbocycles. The van der Waals surface area contributed by atoms with Gasteiger partial charge in [0.15, 0.2) is 5.11 Å². The fourth-order valence-corrected chi connectivity index (χ4v) is 4.19. The highest BCUT2D eigenvalue weighted by Crippen LogP contribution is 2.20. The van der Waals surface area contributed by atoms with Crippen LogP contribution in [0.3, 0.4) is 0 Å². The van der Waals surface area contributed by atoms with Crippen LogP contribution in [0.4, 0.5) is 11.4 Å². The van der Waals surface area contributed by atoms with Crippen LogP contribution in [0, 0.1) is 0 Å². The zero-order valence-corrected chi connectivity index (χ0v) is 21.3. The molecule has 36 heavy (non-hydrogen) atoms. The predicted molar refractivity (Wildman–Crippen MR) is 147 cm³/mol. The molecule has 2 amide bonds. The summed E-state index contributed by atoms with van der Waals surface area (Å²) in [6, 6.07) is 24.2. The average molecular weight is 503 g/mol. The molecule has 8 heteroatoms. The van der Waals surface area contributed by atoms with E-state index in [0.29, 0.717) is 24.4 Å². The van der Waals surface area contributed by atoms with Crippen LogP contribution in [-0.4, -0.2) is 54.1 Å². The summed E-state index contributed by atoms with van der Waals surface area (Å²) in [4.78, 5) is 29.3. The quantitative estimate of drug-likeness (QED) is 0.482. The normalized spacial score (nSPS) is 13.3. The largest absolute Gasteiger partial charge is 0.491 e. The van der Waals surface area contributed by atoms with Gasteiger partial charge in [-0.15, -0.1) is 0 Å². The predicted octanol–water partition coefficient (Wildman–Crippen LogP) is 4.56. The minimum Gasteiger partial charge on any atom is -0.491 e. The Balaban J connectivity index is 1.26. The van der Waals surface area contributed by atoms with E-state index >= 15 is 0 Å². The van der Waals surface area contributed by atoms with Crippen LogP contribution in [0.25, 0.3) is 0 Å². The molecule has 0 atom stereocenters. The van der Waals surface area contributed by atoms with Crippen LogP contribution in [0.5, 0.6) is 5.75 Å². The van der Waals surface area contributed by atoms with Crippen molar-refractivity contribution in [2.24, 2.45) is 0 Å². The molecule has 0 unspecified atom stereocenters. The molecular weight excluding hydrogens is 472 g/mol. The maximum Gasteiger partial charge on any atom is 0.257 e. The number of anilines is 2. The first kappa shape index (κ1) is 25.2. The van der Waals surface area contributed by atoms with Crippen molar-refractivity contribution >= 4 is 40.5 Å². The molecule has 1 fully saturated rings. The highest BCUT2D eigenvalue weighted by atomic mass is 32.1. The Kier molecular flexibility index (Phi) is 8.17. The van der Waals surface area contributed by atoms with Crippen LogP contribution >= 0.6 is 12.2 Å². The second kappa shape index (κ2) is 11.7. The van der Waals surface area contributed by atoms with Gasteiger partial charge >= 0.3 is 0 Å². The molecule has 3 aromatic carbocycles. The number of rotatable bonds is 6. The van der Waals surface area contributed by atoms with Crippen molar-refractivity contribution in [2.75, 3.05) is 36.4 Å². The summed E-state index contributed by atoms with van der Waals surface area (Å²) >= 11 is 5.32. The molecule has 0 radical (unpaired) electrons. The Labute approximate surface area is 217 Å². The first-order valence-electron chi connectivity index (χ1n) is 12.0. The highest BCUT2D eigenvalue weighted by molar-refractivity contribution is 7.80. The number of thiocarbonyl (C=S) groups is 1. The van der Waals surface area contributed by atoms with Crippen molar-refractivity contribution in [3.8, 4) is 5.75 Å². The summed E-state index contributed by atoms with van der Waals surface area (Å²) in [6.07, 6.45) is 0.0706. The summed E-state index contributed by atoms with van der Waals surface area (Å²) in [7, 11) is 0. The number of hydrogen-bond donors (Lipinski definition) is 2. The topological polar surface area (TPSA) is 73.9 Å². The van der Waals surface area contributed by atoms with Gasteiger partial charge in [-0.2, -0.15) is 0 Å². The number of carbonyl (C=O) groups excluding carboxylic acids is 2. The zero-order chi connectivity index (χ0) is 25.5. The second-order valence-corrected chi connectivity index (χ2v) is 9.20. The molecule has 3 aromatic rings. The van der Waals surface area contributed by atoms with E-state index in [0.717, 1.165) is 30.0 Å². The number of carbonyl (C=O) groups is 2. The molecule has 0 bridgehead atoms. The Bertz CT molecular complexity index is 1190. The molecule has 7 nitrogen and oxygen atoms in total. The number of amides is 2. The molecule has 1 aliphatic rings. The summed E-state index contributed by atoms with van der Waals surface area (Å²) in [5, 5.41) is 5.98. The Morgan fingerprint density at radius 1 is 0.833 bits per heavy atom. The van der Waals surface area contributed by atoms with Gasteiger partial charge in [0.1, 0.15) is 5.75 Å². The molecule has 0 aromatic heterocycles. The SMILES string of the molecule is CC(C)Oc1ccc(C(=O)NC(=S)Nc2ccc(N3CCN(C(=O)c4ccccc4)CC3)cc2)cc1. The van der Waals surface area contributed by atoms with Crippen LogP contribution in [0.1, 0.15) is 34.6 Å². The van der Waals surface area contributed by atoms with Crippen LogP contribution in [0.15, 0.2) is 78.9 Å². The summed E-state index contributed by atoms with van der Waals surface area (Å²) in [5.74, 6) is 0.500. The molecule has 0 spiro atoms. The monoisotopic (exact) mass is 502 g/mol. The van der Waals surface area contributed by atoms with Crippen molar-refractivity contribution in [3.05, 3.63) is 90.0 Å².